The van der Waals surface area contributed by atoms with E-state index in [1.807, 2.05) is 0 Å². The molecule has 2 aromatic rings. The molecular formula is C15H22N4S. The Morgan fingerprint density at radius 1 is 1.30 bits per heavy atom. The second kappa shape index (κ2) is 7.36. The molecule has 0 fully saturated rings. The molecule has 2 rings (SSSR count). The molecule has 0 unspecified atom stereocenters. The minimum absolute atomic E-state index is 0.684. The van der Waals surface area contributed by atoms with E-state index in [-0.39, 0.29) is 0 Å². The van der Waals surface area contributed by atoms with Crippen LogP contribution >= 0.6 is 11.5 Å². The van der Waals surface area contributed by atoms with Crippen molar-refractivity contribution < 1.29 is 0 Å². The lowest BCUT2D eigenvalue weighted by Gasteiger charge is -2.23. The maximum atomic E-state index is 5.66. The van der Waals surface area contributed by atoms with Crippen molar-refractivity contribution in [1.82, 2.24) is 9.36 Å². The summed E-state index contributed by atoms with van der Waals surface area (Å²) in [7, 11) is 0. The number of rotatable bonds is 7. The average Bonchev–Trinajstić information content (AvgIpc) is 2.90. The van der Waals surface area contributed by atoms with Crippen LogP contribution in [0, 0.1) is 6.92 Å². The van der Waals surface area contributed by atoms with E-state index in [4.69, 9.17) is 5.73 Å². The molecule has 0 bridgehead atoms. The van der Waals surface area contributed by atoms with E-state index < -0.39 is 0 Å². The van der Waals surface area contributed by atoms with Gasteiger partial charge in [-0.05, 0) is 37.9 Å². The predicted octanol–water partition coefficient (Wildman–Crippen LogP) is 3.29. The monoisotopic (exact) mass is 290 g/mol. The van der Waals surface area contributed by atoms with Gasteiger partial charge in [0.25, 0.3) is 0 Å². The number of aryl methyl sites for hydroxylation is 2. The maximum Gasteiger partial charge on any atom is 0.209 e. The summed E-state index contributed by atoms with van der Waals surface area (Å²) in [6.07, 6.45) is 2.95. The van der Waals surface area contributed by atoms with Crippen LogP contribution in [0.3, 0.4) is 0 Å². The van der Waals surface area contributed by atoms with E-state index in [0.29, 0.717) is 6.54 Å². The highest BCUT2D eigenvalue weighted by Crippen LogP contribution is 2.29. The van der Waals surface area contributed by atoms with E-state index in [2.05, 4.69) is 52.4 Å². The van der Waals surface area contributed by atoms with Crippen molar-refractivity contribution in [2.75, 3.05) is 18.0 Å². The molecule has 0 spiro atoms. The Kier molecular flexibility index (Phi) is 5.49. The van der Waals surface area contributed by atoms with Gasteiger partial charge < -0.3 is 10.6 Å². The molecule has 0 saturated carbocycles. The zero-order valence-corrected chi connectivity index (χ0v) is 13.0. The number of benzene rings is 1. The second-order valence-electron chi connectivity index (χ2n) is 4.82. The normalized spacial score (nSPS) is 10.8. The van der Waals surface area contributed by atoms with Crippen molar-refractivity contribution in [3.8, 4) is 0 Å². The smallest absolute Gasteiger partial charge is 0.209 e. The Labute approximate surface area is 124 Å². The SMILES string of the molecule is CCCc1nsc(N(CCCN)c2ccccc2C)n1. The first-order valence-electron chi connectivity index (χ1n) is 7.12. The summed E-state index contributed by atoms with van der Waals surface area (Å²) in [4.78, 5) is 6.90. The van der Waals surface area contributed by atoms with Crippen molar-refractivity contribution in [2.24, 2.45) is 5.73 Å². The molecule has 0 aliphatic rings. The molecule has 108 valence electrons. The lowest BCUT2D eigenvalue weighted by Crippen LogP contribution is -2.21. The summed E-state index contributed by atoms with van der Waals surface area (Å²) in [5.74, 6) is 0.943. The fourth-order valence-corrected chi connectivity index (χ4v) is 2.87. The number of hydrogen-bond acceptors (Lipinski definition) is 5. The maximum absolute atomic E-state index is 5.66. The minimum atomic E-state index is 0.684. The lowest BCUT2D eigenvalue weighted by molar-refractivity contribution is 0.806. The molecule has 0 aliphatic carbocycles. The number of nitrogens with zero attached hydrogens (tertiary/aromatic N) is 3. The Bertz CT molecular complexity index is 538. The van der Waals surface area contributed by atoms with Gasteiger partial charge in [-0.25, -0.2) is 4.98 Å². The minimum Gasteiger partial charge on any atom is -0.330 e. The third-order valence-electron chi connectivity index (χ3n) is 3.15. The molecule has 0 aliphatic heterocycles. The largest absolute Gasteiger partial charge is 0.330 e. The van der Waals surface area contributed by atoms with Crippen LogP contribution < -0.4 is 10.6 Å². The molecule has 1 aromatic heterocycles. The molecule has 0 saturated heterocycles. The Hall–Kier alpha value is -1.46. The van der Waals surface area contributed by atoms with E-state index in [1.165, 1.54) is 22.8 Å². The van der Waals surface area contributed by atoms with Gasteiger partial charge in [-0.2, -0.15) is 4.37 Å². The fraction of sp³-hybridized carbons (Fsp3) is 0.467. The summed E-state index contributed by atoms with van der Waals surface area (Å²) in [6.45, 7) is 5.83. The number of aromatic nitrogens is 2. The van der Waals surface area contributed by atoms with E-state index in [0.717, 1.165) is 36.8 Å². The van der Waals surface area contributed by atoms with Gasteiger partial charge in [-0.3, -0.25) is 0 Å². The van der Waals surface area contributed by atoms with Crippen LogP contribution in [0.2, 0.25) is 0 Å². The highest BCUT2D eigenvalue weighted by atomic mass is 32.1. The van der Waals surface area contributed by atoms with Crippen molar-refractivity contribution in [3.63, 3.8) is 0 Å². The Morgan fingerprint density at radius 2 is 2.10 bits per heavy atom. The fourth-order valence-electron chi connectivity index (χ4n) is 2.11. The van der Waals surface area contributed by atoms with E-state index in [1.54, 1.807) is 0 Å². The number of anilines is 2. The van der Waals surface area contributed by atoms with Gasteiger partial charge in [0.15, 0.2) is 0 Å². The lowest BCUT2D eigenvalue weighted by atomic mass is 10.2. The average molecular weight is 290 g/mol. The quantitative estimate of drug-likeness (QED) is 0.850. The van der Waals surface area contributed by atoms with Crippen LogP contribution in [-0.2, 0) is 6.42 Å². The van der Waals surface area contributed by atoms with Crippen LogP contribution in [0.5, 0.6) is 0 Å². The molecule has 0 atom stereocenters. The number of hydrogen-bond donors (Lipinski definition) is 1. The zero-order chi connectivity index (χ0) is 14.4. The molecule has 20 heavy (non-hydrogen) atoms. The molecule has 4 nitrogen and oxygen atoms in total. The number of nitrogens with two attached hydrogens (primary N) is 1. The Balaban J connectivity index is 2.29. The topological polar surface area (TPSA) is 55.0 Å². The summed E-state index contributed by atoms with van der Waals surface area (Å²) >= 11 is 1.48. The first-order valence-corrected chi connectivity index (χ1v) is 7.89. The van der Waals surface area contributed by atoms with Crippen LogP contribution in [-0.4, -0.2) is 22.4 Å². The summed E-state index contributed by atoms with van der Waals surface area (Å²) in [6, 6.07) is 8.37. The molecule has 0 amide bonds. The molecule has 5 heteroatoms. The number of para-hydroxylation sites is 1. The van der Waals surface area contributed by atoms with Gasteiger partial charge in [-0.1, -0.05) is 25.1 Å². The summed E-state index contributed by atoms with van der Waals surface area (Å²) in [5, 5.41) is 0.969. The van der Waals surface area contributed by atoms with Crippen LogP contribution in [0.15, 0.2) is 24.3 Å². The van der Waals surface area contributed by atoms with Crippen molar-refractivity contribution in [1.29, 1.82) is 0 Å². The third kappa shape index (κ3) is 3.55. The van der Waals surface area contributed by atoms with Crippen molar-refractivity contribution >= 4 is 22.4 Å². The van der Waals surface area contributed by atoms with Gasteiger partial charge >= 0.3 is 0 Å². The van der Waals surface area contributed by atoms with Gasteiger partial charge in [-0.15, -0.1) is 0 Å². The first kappa shape index (κ1) is 14.9. The predicted molar refractivity (Wildman–Crippen MR) is 85.8 cm³/mol. The van der Waals surface area contributed by atoms with Crippen LogP contribution in [0.4, 0.5) is 10.8 Å². The molecule has 1 heterocycles. The summed E-state index contributed by atoms with van der Waals surface area (Å²) in [5.41, 5.74) is 8.11. The van der Waals surface area contributed by atoms with Gasteiger partial charge in [0.05, 0.1) is 0 Å². The highest BCUT2D eigenvalue weighted by Gasteiger charge is 2.15. The second-order valence-corrected chi connectivity index (χ2v) is 5.55. The van der Waals surface area contributed by atoms with E-state index in [9.17, 15) is 0 Å². The summed E-state index contributed by atoms with van der Waals surface area (Å²) < 4.78 is 4.45. The van der Waals surface area contributed by atoms with Gasteiger partial charge in [0.2, 0.25) is 5.13 Å². The molecule has 1 aromatic carbocycles. The molecule has 0 radical (unpaired) electrons. The van der Waals surface area contributed by atoms with Gasteiger partial charge in [0, 0.05) is 30.2 Å². The van der Waals surface area contributed by atoms with Crippen molar-refractivity contribution in [2.45, 2.75) is 33.1 Å². The Morgan fingerprint density at radius 3 is 2.80 bits per heavy atom. The standard InChI is InChI=1S/C15H22N4S/c1-3-7-14-17-15(20-18-14)19(11-6-10-16)13-9-5-4-8-12(13)2/h4-5,8-9H,3,6-7,10-11,16H2,1-2H3. The van der Waals surface area contributed by atoms with Gasteiger partial charge in [0.1, 0.15) is 5.82 Å². The van der Waals surface area contributed by atoms with Crippen LogP contribution in [0.1, 0.15) is 31.2 Å². The molecular weight excluding hydrogens is 268 g/mol. The van der Waals surface area contributed by atoms with Crippen molar-refractivity contribution in [3.05, 3.63) is 35.7 Å². The highest BCUT2D eigenvalue weighted by molar-refractivity contribution is 7.09. The molecule has 2 N–H and O–H groups in total. The van der Waals surface area contributed by atoms with Crippen LogP contribution in [0.25, 0.3) is 0 Å². The first-order chi connectivity index (χ1) is 9.76. The van der Waals surface area contributed by atoms with E-state index >= 15 is 0 Å². The zero-order valence-electron chi connectivity index (χ0n) is 12.2. The third-order valence-corrected chi connectivity index (χ3v) is 3.93.